The van der Waals surface area contributed by atoms with E-state index < -0.39 is 37.5 Å². The second kappa shape index (κ2) is 8.44. The Kier molecular flexibility index (Phi) is 5.94. The molecule has 12 heteroatoms. The number of nitrogens with zero attached hydrogens (tertiary/aromatic N) is 2. The molecule has 1 aromatic carbocycles. The van der Waals surface area contributed by atoms with Crippen molar-refractivity contribution in [2.45, 2.75) is 17.5 Å². The predicted molar refractivity (Wildman–Crippen MR) is 117 cm³/mol. The minimum Gasteiger partial charge on any atom is -0.287 e. The third kappa shape index (κ3) is 4.59. The first kappa shape index (κ1) is 23.2. The zero-order valence-electron chi connectivity index (χ0n) is 16.3. The molecule has 3 aromatic rings. The van der Waals surface area contributed by atoms with E-state index >= 15 is 0 Å². The lowest BCUT2D eigenvalue weighted by atomic mass is 10.0. The van der Waals surface area contributed by atoms with Crippen molar-refractivity contribution in [2.24, 2.45) is 0 Å². The van der Waals surface area contributed by atoms with Gasteiger partial charge < -0.3 is 0 Å². The molecule has 170 valence electrons. The number of pyridine rings is 2. The zero-order chi connectivity index (χ0) is 24.0. The number of anilines is 1. The number of aromatic nitrogens is 2. The van der Waals surface area contributed by atoms with E-state index in [2.05, 4.69) is 14.7 Å². The normalized spacial score (nSPS) is 13.1. The van der Waals surface area contributed by atoms with Crippen molar-refractivity contribution in [1.82, 2.24) is 9.97 Å². The fraction of sp³-hybridized carbons (Fsp3) is 0.0952. The van der Waals surface area contributed by atoms with Gasteiger partial charge in [0.25, 0.3) is 10.0 Å². The first-order chi connectivity index (χ1) is 15.5. The van der Waals surface area contributed by atoms with E-state index in [9.17, 15) is 26.4 Å². The average Bonchev–Trinajstić information content (AvgIpc) is 3.21. The summed E-state index contributed by atoms with van der Waals surface area (Å²) in [7, 11) is -4.57. The summed E-state index contributed by atoms with van der Waals surface area (Å²) in [6.07, 6.45) is 1.84. The number of carbonyl (C=O) groups excluding carboxylic acids is 1. The summed E-state index contributed by atoms with van der Waals surface area (Å²) in [4.78, 5) is 20.7. The van der Waals surface area contributed by atoms with Crippen LogP contribution in [0.5, 0.6) is 0 Å². The van der Waals surface area contributed by atoms with Gasteiger partial charge in [-0.15, -0.1) is 0 Å². The number of carbonyl (C=O) groups is 1. The van der Waals surface area contributed by atoms with Gasteiger partial charge in [0, 0.05) is 29.9 Å². The van der Waals surface area contributed by atoms with Crippen LogP contribution in [0.4, 0.5) is 18.9 Å². The van der Waals surface area contributed by atoms with Gasteiger partial charge in [-0.25, -0.2) is 13.4 Å². The third-order valence-electron chi connectivity index (χ3n) is 4.78. The number of rotatable bonds is 5. The minimum atomic E-state index is -4.86. The first-order valence-corrected chi connectivity index (χ1v) is 11.5. The van der Waals surface area contributed by atoms with Gasteiger partial charge in [0.2, 0.25) is 5.78 Å². The van der Waals surface area contributed by atoms with Crippen LogP contribution in [0.1, 0.15) is 32.9 Å². The van der Waals surface area contributed by atoms with Crippen molar-refractivity contribution in [1.29, 1.82) is 0 Å². The number of allylic oxidation sites excluding steroid dienone is 1. The second-order valence-corrected chi connectivity index (χ2v) is 9.48. The maximum Gasteiger partial charge on any atom is 0.417 e. The van der Waals surface area contributed by atoms with Gasteiger partial charge in [-0.05, 0) is 30.3 Å². The van der Waals surface area contributed by atoms with Gasteiger partial charge in [-0.3, -0.25) is 14.5 Å². The van der Waals surface area contributed by atoms with E-state index in [4.69, 9.17) is 23.2 Å². The molecule has 6 nitrogen and oxygen atoms in total. The van der Waals surface area contributed by atoms with E-state index in [0.717, 1.165) is 24.4 Å². The molecular weight excluding hydrogens is 502 g/mol. The highest BCUT2D eigenvalue weighted by atomic mass is 35.5. The van der Waals surface area contributed by atoms with Crippen LogP contribution in [0, 0.1) is 0 Å². The molecule has 0 radical (unpaired) electrons. The zero-order valence-corrected chi connectivity index (χ0v) is 18.6. The van der Waals surface area contributed by atoms with Crippen molar-refractivity contribution < 1.29 is 26.4 Å². The molecule has 4 rings (SSSR count). The molecule has 0 bridgehead atoms. The topological polar surface area (TPSA) is 89.0 Å². The molecule has 0 atom stereocenters. The Balaban J connectivity index is 1.76. The highest BCUT2D eigenvalue weighted by molar-refractivity contribution is 7.92. The molecule has 0 saturated heterocycles. The monoisotopic (exact) mass is 513 g/mol. The number of hydrogen-bond acceptors (Lipinski definition) is 5. The van der Waals surface area contributed by atoms with E-state index in [1.165, 1.54) is 12.3 Å². The fourth-order valence-electron chi connectivity index (χ4n) is 3.27. The van der Waals surface area contributed by atoms with Gasteiger partial charge in [0.15, 0.2) is 0 Å². The van der Waals surface area contributed by atoms with Crippen molar-refractivity contribution >= 4 is 50.8 Å². The Morgan fingerprint density at radius 1 is 1.09 bits per heavy atom. The molecule has 0 aliphatic heterocycles. The molecule has 0 unspecified atom stereocenters. The van der Waals surface area contributed by atoms with Gasteiger partial charge >= 0.3 is 6.18 Å². The molecule has 1 aliphatic carbocycles. The molecule has 1 N–H and O–H groups in total. The summed E-state index contributed by atoms with van der Waals surface area (Å²) in [6.45, 7) is 0. The van der Waals surface area contributed by atoms with Crippen LogP contribution < -0.4 is 4.72 Å². The summed E-state index contributed by atoms with van der Waals surface area (Å²) in [5.74, 6) is -0.610. The summed E-state index contributed by atoms with van der Waals surface area (Å²) in [5, 5.41) is -0.641. The Morgan fingerprint density at radius 2 is 1.85 bits per heavy atom. The maximum absolute atomic E-state index is 13.2. The van der Waals surface area contributed by atoms with Crippen LogP contribution in [0.2, 0.25) is 10.0 Å². The number of alkyl halides is 3. The van der Waals surface area contributed by atoms with Crippen molar-refractivity contribution in [3.63, 3.8) is 0 Å². The van der Waals surface area contributed by atoms with Gasteiger partial charge in [-0.2, -0.15) is 13.2 Å². The molecule has 0 spiro atoms. The standard InChI is InChI=1S/C21H12Cl2F3N3O3S/c22-11-8-18(29-33(31,32)12-4-5-16(23)15(9-12)21(24,25)26)19(28-10-11)20(30)14-6-7-27-17-3-1-2-13(14)17/h1-2,4-10,29H,3H2. The summed E-state index contributed by atoms with van der Waals surface area (Å²) in [6, 6.07) is 4.77. The highest BCUT2D eigenvalue weighted by Gasteiger charge is 2.35. The lowest BCUT2D eigenvalue weighted by molar-refractivity contribution is -0.137. The molecule has 2 aromatic heterocycles. The largest absolute Gasteiger partial charge is 0.417 e. The quantitative estimate of drug-likeness (QED) is 0.461. The lowest BCUT2D eigenvalue weighted by Crippen LogP contribution is -2.18. The summed E-state index contributed by atoms with van der Waals surface area (Å²) in [5.41, 5.74) is -0.370. The predicted octanol–water partition coefficient (Wildman–Crippen LogP) is 5.40. The van der Waals surface area contributed by atoms with Crippen molar-refractivity contribution in [3.05, 3.63) is 86.9 Å². The number of nitrogens with one attached hydrogen (secondary N) is 1. The minimum absolute atomic E-state index is 0.0104. The first-order valence-electron chi connectivity index (χ1n) is 9.21. The van der Waals surface area contributed by atoms with Crippen molar-refractivity contribution in [3.8, 4) is 0 Å². The van der Waals surface area contributed by atoms with Crippen molar-refractivity contribution in [2.75, 3.05) is 4.72 Å². The Bertz CT molecular complexity index is 1420. The van der Waals surface area contributed by atoms with Gasteiger partial charge in [0.1, 0.15) is 5.69 Å². The molecular formula is C21H12Cl2F3N3O3S. The number of benzene rings is 1. The smallest absolute Gasteiger partial charge is 0.287 e. The highest BCUT2D eigenvalue weighted by Crippen LogP contribution is 2.36. The van der Waals surface area contributed by atoms with E-state index in [-0.39, 0.29) is 22.0 Å². The molecule has 33 heavy (non-hydrogen) atoms. The van der Waals surface area contributed by atoms with Crippen LogP contribution in [-0.2, 0) is 22.6 Å². The Hall–Kier alpha value is -2.95. The molecule has 0 fully saturated rings. The van der Waals surface area contributed by atoms with E-state index in [0.29, 0.717) is 23.7 Å². The number of sulfonamides is 1. The van der Waals surface area contributed by atoms with Crippen LogP contribution in [0.3, 0.4) is 0 Å². The summed E-state index contributed by atoms with van der Waals surface area (Å²) < 4.78 is 67.4. The maximum atomic E-state index is 13.2. The van der Waals surface area contributed by atoms with Crippen LogP contribution in [0.25, 0.3) is 6.08 Å². The number of ketones is 1. The Labute approximate surface area is 196 Å². The molecule has 0 amide bonds. The summed E-state index contributed by atoms with van der Waals surface area (Å²) >= 11 is 11.5. The van der Waals surface area contributed by atoms with Crippen LogP contribution in [-0.4, -0.2) is 24.2 Å². The van der Waals surface area contributed by atoms with Gasteiger partial charge in [-0.1, -0.05) is 35.4 Å². The number of hydrogen-bond donors (Lipinski definition) is 1. The number of halogens is 5. The Morgan fingerprint density at radius 3 is 2.58 bits per heavy atom. The van der Waals surface area contributed by atoms with Crippen LogP contribution in [0.15, 0.2) is 53.7 Å². The van der Waals surface area contributed by atoms with E-state index in [1.807, 2.05) is 6.08 Å². The second-order valence-electron chi connectivity index (χ2n) is 6.95. The van der Waals surface area contributed by atoms with E-state index in [1.54, 1.807) is 6.08 Å². The SMILES string of the molecule is O=C(c1ccnc2c1C=CC2)c1ncc(Cl)cc1NS(=O)(=O)c1ccc(Cl)c(C(F)(F)F)c1. The molecule has 0 saturated carbocycles. The molecule has 1 aliphatic rings. The van der Waals surface area contributed by atoms with Crippen LogP contribution >= 0.6 is 23.2 Å². The third-order valence-corrected chi connectivity index (χ3v) is 6.68. The molecule has 2 heterocycles. The fourth-order valence-corrected chi connectivity index (χ4v) is 4.74. The van der Waals surface area contributed by atoms with Gasteiger partial charge in [0.05, 0.1) is 31.9 Å². The lowest BCUT2D eigenvalue weighted by Gasteiger charge is -2.15. The number of fused-ring (bicyclic) bond motifs is 1. The average molecular weight is 514 g/mol.